The van der Waals surface area contributed by atoms with Crippen molar-refractivity contribution in [1.82, 2.24) is 5.32 Å². The van der Waals surface area contributed by atoms with Crippen LogP contribution in [0.15, 0.2) is 60.2 Å². The Balaban J connectivity index is 1.98. The first-order valence-corrected chi connectivity index (χ1v) is 7.18. The molecule has 0 aliphatic carbocycles. The van der Waals surface area contributed by atoms with Gasteiger partial charge in [-0.05, 0) is 23.8 Å². The maximum atomic E-state index is 12.6. The van der Waals surface area contributed by atoms with Crippen LogP contribution in [0.25, 0.3) is 6.08 Å². The van der Waals surface area contributed by atoms with Gasteiger partial charge in [0.25, 0.3) is 17.5 Å². The summed E-state index contributed by atoms with van der Waals surface area (Å²) in [5, 5.41) is 12.8. The molecule has 1 fully saturated rings. The first-order valence-electron chi connectivity index (χ1n) is 7.18. The van der Waals surface area contributed by atoms with Gasteiger partial charge < -0.3 is 0 Å². The fraction of sp³-hybridized carbons (Fsp3) is 0. The standard InChI is InChI=1S/C17H11N3O5/c21-15-14(10-11-4-2-1-3-5-11)16(22)19(17(23)18-15)12-6-8-13(9-7-12)20(24)25/h1-10H,(H,18,21,23)/b14-10+. The van der Waals surface area contributed by atoms with E-state index in [0.29, 0.717) is 5.56 Å². The second-order valence-electron chi connectivity index (χ2n) is 5.14. The largest absolute Gasteiger partial charge is 0.335 e. The minimum absolute atomic E-state index is 0.125. The van der Waals surface area contributed by atoms with Crippen molar-refractivity contribution in [2.24, 2.45) is 0 Å². The average Bonchev–Trinajstić information content (AvgIpc) is 2.60. The Morgan fingerprint density at radius 3 is 2.20 bits per heavy atom. The van der Waals surface area contributed by atoms with Gasteiger partial charge in [-0.1, -0.05) is 30.3 Å². The van der Waals surface area contributed by atoms with E-state index in [4.69, 9.17) is 0 Å². The van der Waals surface area contributed by atoms with Gasteiger partial charge >= 0.3 is 6.03 Å². The number of carbonyl (C=O) groups is 3. The Kier molecular flexibility index (Phi) is 4.09. The van der Waals surface area contributed by atoms with Crippen molar-refractivity contribution in [3.05, 3.63) is 75.8 Å². The lowest BCUT2D eigenvalue weighted by atomic mass is 10.1. The van der Waals surface area contributed by atoms with Crippen molar-refractivity contribution in [3.8, 4) is 0 Å². The summed E-state index contributed by atoms with van der Waals surface area (Å²) in [7, 11) is 0. The predicted octanol–water partition coefficient (Wildman–Crippen LogP) is 2.26. The van der Waals surface area contributed by atoms with E-state index < -0.39 is 22.8 Å². The molecule has 8 nitrogen and oxygen atoms in total. The molecule has 0 unspecified atom stereocenters. The van der Waals surface area contributed by atoms with Gasteiger partial charge in [-0.15, -0.1) is 0 Å². The van der Waals surface area contributed by atoms with E-state index in [-0.39, 0.29) is 16.9 Å². The second-order valence-corrected chi connectivity index (χ2v) is 5.14. The Labute approximate surface area is 141 Å². The number of hydrogen-bond acceptors (Lipinski definition) is 5. The molecule has 2 aromatic rings. The Bertz CT molecular complexity index is 904. The number of imide groups is 2. The second kappa shape index (κ2) is 6.36. The van der Waals surface area contributed by atoms with Gasteiger partial charge in [0, 0.05) is 12.1 Å². The van der Waals surface area contributed by atoms with Gasteiger partial charge in [0.05, 0.1) is 10.6 Å². The molecule has 8 heteroatoms. The molecule has 3 rings (SSSR count). The number of urea groups is 1. The summed E-state index contributed by atoms with van der Waals surface area (Å²) in [6.07, 6.45) is 1.38. The molecule has 0 atom stereocenters. The van der Waals surface area contributed by atoms with Crippen LogP contribution in [0.2, 0.25) is 0 Å². The monoisotopic (exact) mass is 337 g/mol. The van der Waals surface area contributed by atoms with Crippen LogP contribution in [-0.4, -0.2) is 22.8 Å². The third-order valence-corrected chi connectivity index (χ3v) is 3.53. The quantitative estimate of drug-likeness (QED) is 0.400. The van der Waals surface area contributed by atoms with E-state index in [2.05, 4.69) is 5.32 Å². The maximum absolute atomic E-state index is 12.6. The summed E-state index contributed by atoms with van der Waals surface area (Å²) in [4.78, 5) is 47.5. The Morgan fingerprint density at radius 2 is 1.60 bits per heavy atom. The SMILES string of the molecule is O=C1NC(=O)N(c2ccc([N+](=O)[O-])cc2)C(=O)/C1=C/c1ccccc1. The number of hydrogen-bond donors (Lipinski definition) is 1. The summed E-state index contributed by atoms with van der Waals surface area (Å²) in [5.74, 6) is -1.59. The number of barbiturate groups is 1. The third kappa shape index (κ3) is 3.13. The number of carbonyl (C=O) groups excluding carboxylic acids is 3. The van der Waals surface area contributed by atoms with Gasteiger partial charge in [-0.25, -0.2) is 9.69 Å². The Hall–Kier alpha value is -3.81. The highest BCUT2D eigenvalue weighted by Crippen LogP contribution is 2.24. The zero-order valence-electron chi connectivity index (χ0n) is 12.7. The number of benzene rings is 2. The van der Waals surface area contributed by atoms with Crippen molar-refractivity contribution in [2.45, 2.75) is 0 Å². The molecule has 1 N–H and O–H groups in total. The van der Waals surface area contributed by atoms with Gasteiger partial charge in [0.1, 0.15) is 5.57 Å². The number of nitro benzene ring substituents is 1. The number of amides is 4. The number of anilines is 1. The predicted molar refractivity (Wildman–Crippen MR) is 88.5 cm³/mol. The highest BCUT2D eigenvalue weighted by molar-refractivity contribution is 6.39. The normalized spacial score (nSPS) is 16.1. The van der Waals surface area contributed by atoms with Gasteiger partial charge in [0.15, 0.2) is 0 Å². The van der Waals surface area contributed by atoms with Crippen LogP contribution in [0.3, 0.4) is 0 Å². The van der Waals surface area contributed by atoms with Crippen molar-refractivity contribution in [1.29, 1.82) is 0 Å². The molecule has 0 aromatic heterocycles. The number of non-ortho nitro benzene ring substituents is 1. The summed E-state index contributed by atoms with van der Waals surface area (Å²) < 4.78 is 0. The van der Waals surface area contributed by atoms with E-state index >= 15 is 0 Å². The number of nitrogens with zero attached hydrogens (tertiary/aromatic N) is 2. The van der Waals surface area contributed by atoms with Crippen LogP contribution < -0.4 is 10.2 Å². The summed E-state index contributed by atoms with van der Waals surface area (Å²) >= 11 is 0. The highest BCUT2D eigenvalue weighted by Gasteiger charge is 2.36. The summed E-state index contributed by atoms with van der Waals surface area (Å²) in [5.41, 5.74) is 0.368. The third-order valence-electron chi connectivity index (χ3n) is 3.53. The van der Waals surface area contributed by atoms with Gasteiger partial charge in [0.2, 0.25) is 0 Å². The molecular formula is C17H11N3O5. The molecule has 0 saturated carbocycles. The molecule has 2 aromatic carbocycles. The molecule has 0 radical (unpaired) electrons. The van der Waals surface area contributed by atoms with Crippen LogP contribution in [0.1, 0.15) is 5.56 Å². The summed E-state index contributed by atoms with van der Waals surface area (Å²) in [6, 6.07) is 12.7. The van der Waals surface area contributed by atoms with E-state index in [1.54, 1.807) is 30.3 Å². The van der Waals surface area contributed by atoms with E-state index in [9.17, 15) is 24.5 Å². The van der Waals surface area contributed by atoms with Gasteiger partial charge in [-0.3, -0.25) is 25.0 Å². The molecule has 1 saturated heterocycles. The molecule has 0 bridgehead atoms. The van der Waals surface area contributed by atoms with Crippen LogP contribution in [-0.2, 0) is 9.59 Å². The van der Waals surface area contributed by atoms with Crippen molar-refractivity contribution in [2.75, 3.05) is 4.90 Å². The lowest BCUT2D eigenvalue weighted by Crippen LogP contribution is -2.54. The average molecular weight is 337 g/mol. The first-order chi connectivity index (χ1) is 12.0. The lowest BCUT2D eigenvalue weighted by molar-refractivity contribution is -0.384. The van der Waals surface area contributed by atoms with E-state index in [1.807, 2.05) is 0 Å². The Morgan fingerprint density at radius 1 is 0.960 bits per heavy atom. The van der Waals surface area contributed by atoms with Crippen LogP contribution in [0.4, 0.5) is 16.2 Å². The molecule has 1 heterocycles. The minimum Gasteiger partial charge on any atom is -0.273 e. The van der Waals surface area contributed by atoms with Crippen LogP contribution in [0.5, 0.6) is 0 Å². The van der Waals surface area contributed by atoms with Crippen LogP contribution >= 0.6 is 0 Å². The smallest absolute Gasteiger partial charge is 0.273 e. The molecule has 124 valence electrons. The molecule has 0 spiro atoms. The number of rotatable bonds is 3. The van der Waals surface area contributed by atoms with Crippen molar-refractivity contribution < 1.29 is 19.3 Å². The fourth-order valence-corrected chi connectivity index (χ4v) is 2.33. The highest BCUT2D eigenvalue weighted by atomic mass is 16.6. The van der Waals surface area contributed by atoms with E-state index in [0.717, 1.165) is 4.90 Å². The zero-order chi connectivity index (χ0) is 18.0. The molecule has 1 aliphatic rings. The molecule has 25 heavy (non-hydrogen) atoms. The fourth-order valence-electron chi connectivity index (χ4n) is 2.33. The number of nitrogens with one attached hydrogen (secondary N) is 1. The van der Waals surface area contributed by atoms with E-state index in [1.165, 1.54) is 30.3 Å². The minimum atomic E-state index is -0.908. The molecule has 4 amide bonds. The summed E-state index contributed by atoms with van der Waals surface area (Å²) in [6.45, 7) is 0. The zero-order valence-corrected chi connectivity index (χ0v) is 12.7. The van der Waals surface area contributed by atoms with Gasteiger partial charge in [-0.2, -0.15) is 0 Å². The first kappa shape index (κ1) is 16.1. The molecular weight excluding hydrogens is 326 g/mol. The van der Waals surface area contributed by atoms with Crippen LogP contribution in [0, 0.1) is 10.1 Å². The van der Waals surface area contributed by atoms with Crippen molar-refractivity contribution in [3.63, 3.8) is 0 Å². The topological polar surface area (TPSA) is 110 Å². The maximum Gasteiger partial charge on any atom is 0.335 e. The molecule has 1 aliphatic heterocycles. The lowest BCUT2D eigenvalue weighted by Gasteiger charge is -2.26. The van der Waals surface area contributed by atoms with Crippen molar-refractivity contribution >= 4 is 35.3 Å². The number of nitro groups is 1.